The van der Waals surface area contributed by atoms with Gasteiger partial charge in [-0.2, -0.15) is 0 Å². The highest BCUT2D eigenvalue weighted by Gasteiger charge is 2.13. The smallest absolute Gasteiger partial charge is 0.417 e. The summed E-state index contributed by atoms with van der Waals surface area (Å²) in [5.41, 5.74) is 1.88. The zero-order valence-corrected chi connectivity index (χ0v) is 13.6. The van der Waals surface area contributed by atoms with Gasteiger partial charge in [-0.3, -0.25) is 9.78 Å². The summed E-state index contributed by atoms with van der Waals surface area (Å²) in [5.74, 6) is 0.242. The van der Waals surface area contributed by atoms with Crippen molar-refractivity contribution in [3.05, 3.63) is 88.9 Å². The van der Waals surface area contributed by atoms with Gasteiger partial charge in [0.1, 0.15) is 11.5 Å². The van der Waals surface area contributed by atoms with E-state index in [9.17, 15) is 9.59 Å². The molecule has 128 valence electrons. The zero-order valence-electron chi connectivity index (χ0n) is 13.6. The molecule has 4 rings (SSSR count). The molecule has 1 aromatic heterocycles. The Labute approximate surface area is 148 Å². The maximum atomic E-state index is 12.7. The van der Waals surface area contributed by atoms with Crippen LogP contribution >= 0.6 is 0 Å². The molecule has 0 aliphatic carbocycles. The zero-order chi connectivity index (χ0) is 17.9. The summed E-state index contributed by atoms with van der Waals surface area (Å²) in [6.07, 6.45) is 0. The predicted molar refractivity (Wildman–Crippen MR) is 97.7 cm³/mol. The lowest BCUT2D eigenvalue weighted by molar-refractivity contribution is 0.102. The standard InChI is InChI=1S/C20H14N2O4/c23-19(21-13-10-11-18-16(12-13)22-20(24)26-18)15-8-4-5-9-17(15)25-14-6-2-1-3-7-14/h1-12H,(H,21,23)(H,22,24). The summed E-state index contributed by atoms with van der Waals surface area (Å²) in [6, 6.07) is 21.2. The molecular formula is C20H14N2O4. The van der Waals surface area contributed by atoms with Crippen LogP contribution < -0.4 is 15.8 Å². The predicted octanol–water partition coefficient (Wildman–Crippen LogP) is 4.17. The molecule has 0 fully saturated rings. The van der Waals surface area contributed by atoms with Gasteiger partial charge >= 0.3 is 5.76 Å². The Morgan fingerprint density at radius 2 is 1.73 bits per heavy atom. The Morgan fingerprint density at radius 1 is 0.962 bits per heavy atom. The fourth-order valence-corrected chi connectivity index (χ4v) is 2.59. The lowest BCUT2D eigenvalue weighted by Gasteiger charge is -2.11. The minimum absolute atomic E-state index is 0.318. The van der Waals surface area contributed by atoms with E-state index in [1.165, 1.54) is 0 Å². The Balaban J connectivity index is 1.60. The average Bonchev–Trinajstić information content (AvgIpc) is 3.02. The lowest BCUT2D eigenvalue weighted by Crippen LogP contribution is -2.12. The molecule has 1 amide bonds. The first-order valence-corrected chi connectivity index (χ1v) is 7.95. The summed E-state index contributed by atoms with van der Waals surface area (Å²) < 4.78 is 10.8. The number of para-hydroxylation sites is 2. The Bertz CT molecular complexity index is 1130. The van der Waals surface area contributed by atoms with Crippen molar-refractivity contribution < 1.29 is 13.9 Å². The summed E-state index contributed by atoms with van der Waals surface area (Å²) in [7, 11) is 0. The van der Waals surface area contributed by atoms with E-state index in [-0.39, 0.29) is 5.91 Å². The maximum absolute atomic E-state index is 12.7. The molecule has 6 nitrogen and oxygen atoms in total. The van der Waals surface area contributed by atoms with Gasteiger partial charge in [-0.25, -0.2) is 4.79 Å². The van der Waals surface area contributed by atoms with Crippen molar-refractivity contribution in [1.29, 1.82) is 0 Å². The van der Waals surface area contributed by atoms with Crippen LogP contribution in [0.2, 0.25) is 0 Å². The summed E-state index contributed by atoms with van der Waals surface area (Å²) in [4.78, 5) is 26.5. The summed E-state index contributed by atoms with van der Waals surface area (Å²) >= 11 is 0. The first-order valence-electron chi connectivity index (χ1n) is 7.95. The van der Waals surface area contributed by atoms with Crippen molar-refractivity contribution in [2.24, 2.45) is 0 Å². The average molecular weight is 346 g/mol. The van der Waals surface area contributed by atoms with Gasteiger partial charge in [0.05, 0.1) is 11.1 Å². The van der Waals surface area contributed by atoms with E-state index in [0.29, 0.717) is 33.8 Å². The number of aromatic amines is 1. The number of aromatic nitrogens is 1. The van der Waals surface area contributed by atoms with Gasteiger partial charge in [-0.05, 0) is 42.5 Å². The van der Waals surface area contributed by atoms with Gasteiger partial charge in [0.2, 0.25) is 0 Å². The molecule has 0 aliphatic rings. The Kier molecular flexibility index (Phi) is 3.99. The lowest BCUT2D eigenvalue weighted by atomic mass is 10.1. The van der Waals surface area contributed by atoms with Crippen LogP contribution in [0.3, 0.4) is 0 Å². The van der Waals surface area contributed by atoms with Crippen molar-refractivity contribution in [2.45, 2.75) is 0 Å². The second kappa shape index (κ2) is 6.60. The van der Waals surface area contributed by atoms with Crippen LogP contribution in [0, 0.1) is 0 Å². The number of benzene rings is 3. The minimum atomic E-state index is -0.537. The number of hydrogen-bond acceptors (Lipinski definition) is 4. The van der Waals surface area contributed by atoms with Crippen LogP contribution in [-0.2, 0) is 0 Å². The summed E-state index contributed by atoms with van der Waals surface area (Å²) in [6.45, 7) is 0. The molecule has 0 saturated heterocycles. The van der Waals surface area contributed by atoms with Gasteiger partial charge in [0.25, 0.3) is 5.91 Å². The van der Waals surface area contributed by atoms with Crippen molar-refractivity contribution >= 4 is 22.7 Å². The number of hydrogen-bond donors (Lipinski definition) is 2. The number of ether oxygens (including phenoxy) is 1. The van der Waals surface area contributed by atoms with E-state index in [1.54, 1.807) is 42.5 Å². The molecule has 2 N–H and O–H groups in total. The molecule has 6 heteroatoms. The van der Waals surface area contributed by atoms with E-state index in [0.717, 1.165) is 0 Å². The topological polar surface area (TPSA) is 84.3 Å². The van der Waals surface area contributed by atoms with Gasteiger partial charge in [0, 0.05) is 5.69 Å². The van der Waals surface area contributed by atoms with E-state index >= 15 is 0 Å². The third kappa shape index (κ3) is 3.21. The van der Waals surface area contributed by atoms with Crippen LogP contribution in [-0.4, -0.2) is 10.9 Å². The van der Waals surface area contributed by atoms with E-state index in [4.69, 9.17) is 9.15 Å². The highest BCUT2D eigenvalue weighted by atomic mass is 16.5. The van der Waals surface area contributed by atoms with Gasteiger partial charge < -0.3 is 14.5 Å². The van der Waals surface area contributed by atoms with Crippen molar-refractivity contribution in [1.82, 2.24) is 4.98 Å². The largest absolute Gasteiger partial charge is 0.457 e. The number of carbonyl (C=O) groups is 1. The SMILES string of the molecule is O=C(Nc1ccc2oc(=O)[nH]c2c1)c1ccccc1Oc1ccccc1. The molecule has 0 spiro atoms. The molecule has 1 heterocycles. The highest BCUT2D eigenvalue weighted by Crippen LogP contribution is 2.26. The second-order valence-corrected chi connectivity index (χ2v) is 5.59. The first kappa shape index (κ1) is 15.7. The Hall–Kier alpha value is -3.80. The number of fused-ring (bicyclic) bond motifs is 1. The molecule has 26 heavy (non-hydrogen) atoms. The van der Waals surface area contributed by atoms with Gasteiger partial charge in [-0.15, -0.1) is 0 Å². The number of nitrogens with one attached hydrogen (secondary N) is 2. The van der Waals surface area contributed by atoms with E-state index in [1.807, 2.05) is 30.3 Å². The maximum Gasteiger partial charge on any atom is 0.417 e. The molecule has 0 radical (unpaired) electrons. The minimum Gasteiger partial charge on any atom is -0.457 e. The molecule has 0 aliphatic heterocycles. The summed E-state index contributed by atoms with van der Waals surface area (Å²) in [5, 5.41) is 2.80. The van der Waals surface area contributed by atoms with Crippen molar-refractivity contribution in [3.63, 3.8) is 0 Å². The number of anilines is 1. The number of oxazole rings is 1. The monoisotopic (exact) mass is 346 g/mol. The fourth-order valence-electron chi connectivity index (χ4n) is 2.59. The van der Waals surface area contributed by atoms with Gasteiger partial charge in [-0.1, -0.05) is 30.3 Å². The fraction of sp³-hybridized carbons (Fsp3) is 0. The van der Waals surface area contributed by atoms with Gasteiger partial charge in [0.15, 0.2) is 5.58 Å². The molecule has 3 aromatic carbocycles. The van der Waals surface area contributed by atoms with Crippen LogP contribution in [0.4, 0.5) is 5.69 Å². The van der Waals surface area contributed by atoms with Crippen LogP contribution in [0.15, 0.2) is 82.0 Å². The molecule has 0 unspecified atom stereocenters. The van der Waals surface area contributed by atoms with Crippen molar-refractivity contribution in [3.8, 4) is 11.5 Å². The van der Waals surface area contributed by atoms with Crippen molar-refractivity contribution in [2.75, 3.05) is 5.32 Å². The molecule has 0 saturated carbocycles. The number of amides is 1. The molecule has 0 bridgehead atoms. The van der Waals surface area contributed by atoms with E-state index in [2.05, 4.69) is 10.3 Å². The number of H-pyrrole nitrogens is 1. The Morgan fingerprint density at radius 3 is 2.58 bits per heavy atom. The number of rotatable bonds is 4. The quantitative estimate of drug-likeness (QED) is 0.581. The third-order valence-corrected chi connectivity index (χ3v) is 3.78. The molecular weight excluding hydrogens is 332 g/mol. The normalized spacial score (nSPS) is 10.6. The first-order chi connectivity index (χ1) is 12.7. The van der Waals surface area contributed by atoms with E-state index < -0.39 is 5.76 Å². The third-order valence-electron chi connectivity index (χ3n) is 3.78. The van der Waals surface area contributed by atoms with Crippen LogP contribution in [0.25, 0.3) is 11.1 Å². The molecule has 0 atom stereocenters. The van der Waals surface area contributed by atoms with Crippen LogP contribution in [0.5, 0.6) is 11.5 Å². The van der Waals surface area contributed by atoms with Crippen LogP contribution in [0.1, 0.15) is 10.4 Å². The molecule has 4 aromatic rings. The second-order valence-electron chi connectivity index (χ2n) is 5.59. The highest BCUT2D eigenvalue weighted by molar-refractivity contribution is 6.06. The number of carbonyl (C=O) groups excluding carboxylic acids is 1.